The number of carbonyl (C=O) groups excluding carboxylic acids is 1. The zero-order valence-corrected chi connectivity index (χ0v) is 5.73. The highest BCUT2D eigenvalue weighted by Crippen LogP contribution is 2.15. The fraction of sp³-hybridized carbons (Fsp3) is 0.200. The number of hydrogen-bond donors (Lipinski definition) is 1. The van der Waals surface area contributed by atoms with Gasteiger partial charge in [0.25, 0.3) is 0 Å². The predicted molar refractivity (Wildman–Crippen MR) is 36.5 cm³/mol. The molecule has 0 radical (unpaired) electrons. The SMILES string of the molecule is Cc1ncc(NC=O)s1. The lowest BCUT2D eigenvalue weighted by molar-refractivity contribution is -0.105. The molecule has 1 rings (SSSR count). The topological polar surface area (TPSA) is 42.0 Å². The van der Waals surface area contributed by atoms with E-state index in [1.807, 2.05) is 6.92 Å². The third-order valence-corrected chi connectivity index (χ3v) is 1.67. The van der Waals surface area contributed by atoms with Crippen molar-refractivity contribution in [2.24, 2.45) is 0 Å². The van der Waals surface area contributed by atoms with Gasteiger partial charge in [0.2, 0.25) is 6.41 Å². The molecule has 1 amide bonds. The number of amides is 1. The summed E-state index contributed by atoms with van der Waals surface area (Å²) in [5.74, 6) is 0. The van der Waals surface area contributed by atoms with Gasteiger partial charge in [-0.1, -0.05) is 0 Å². The van der Waals surface area contributed by atoms with Crippen LogP contribution in [0.25, 0.3) is 0 Å². The molecule has 1 aromatic rings. The Balaban J connectivity index is 2.72. The molecule has 0 aromatic carbocycles. The average molecular weight is 142 g/mol. The lowest BCUT2D eigenvalue weighted by Gasteiger charge is -1.84. The molecule has 1 N–H and O–H groups in total. The summed E-state index contributed by atoms with van der Waals surface area (Å²) in [6, 6.07) is 0. The minimum absolute atomic E-state index is 0.646. The van der Waals surface area contributed by atoms with Crippen molar-refractivity contribution in [3.63, 3.8) is 0 Å². The van der Waals surface area contributed by atoms with Gasteiger partial charge >= 0.3 is 0 Å². The van der Waals surface area contributed by atoms with E-state index in [9.17, 15) is 4.79 Å². The molecule has 0 atom stereocenters. The maximum atomic E-state index is 9.85. The van der Waals surface area contributed by atoms with Crippen LogP contribution in [-0.2, 0) is 4.79 Å². The fourth-order valence-corrected chi connectivity index (χ4v) is 1.12. The smallest absolute Gasteiger partial charge is 0.212 e. The number of aromatic nitrogens is 1. The van der Waals surface area contributed by atoms with Gasteiger partial charge in [-0.3, -0.25) is 4.79 Å². The van der Waals surface area contributed by atoms with Crippen molar-refractivity contribution >= 4 is 22.7 Å². The first-order valence-corrected chi connectivity index (χ1v) is 3.27. The normalized spacial score (nSPS) is 9.00. The molecule has 3 nitrogen and oxygen atoms in total. The van der Waals surface area contributed by atoms with Crippen LogP contribution in [0.5, 0.6) is 0 Å². The van der Waals surface area contributed by atoms with Crippen LogP contribution in [0, 0.1) is 6.92 Å². The molecule has 0 unspecified atom stereocenters. The number of aryl methyl sites for hydroxylation is 1. The molecular weight excluding hydrogens is 136 g/mol. The third kappa shape index (κ3) is 1.50. The number of carbonyl (C=O) groups is 1. The van der Waals surface area contributed by atoms with Crippen molar-refractivity contribution in [1.29, 1.82) is 0 Å². The van der Waals surface area contributed by atoms with Gasteiger partial charge < -0.3 is 5.32 Å². The highest BCUT2D eigenvalue weighted by Gasteiger charge is 1.92. The zero-order valence-electron chi connectivity index (χ0n) is 4.92. The first-order valence-electron chi connectivity index (χ1n) is 2.45. The van der Waals surface area contributed by atoms with E-state index in [0.29, 0.717) is 6.41 Å². The van der Waals surface area contributed by atoms with Crippen molar-refractivity contribution in [3.05, 3.63) is 11.2 Å². The number of hydrogen-bond acceptors (Lipinski definition) is 3. The molecule has 48 valence electrons. The molecule has 1 aromatic heterocycles. The van der Waals surface area contributed by atoms with Crippen molar-refractivity contribution in [1.82, 2.24) is 4.98 Å². The summed E-state index contributed by atoms with van der Waals surface area (Å²) in [7, 11) is 0. The second-order valence-corrected chi connectivity index (χ2v) is 2.74. The Kier molecular flexibility index (Phi) is 1.79. The van der Waals surface area contributed by atoms with Crippen LogP contribution >= 0.6 is 11.3 Å². The molecule has 0 bridgehead atoms. The lowest BCUT2D eigenvalue weighted by atomic mass is 10.8. The maximum absolute atomic E-state index is 9.85. The molecule has 9 heavy (non-hydrogen) atoms. The summed E-state index contributed by atoms with van der Waals surface area (Å²) in [5, 5.41) is 4.26. The molecule has 4 heteroatoms. The molecule has 0 spiro atoms. The van der Waals surface area contributed by atoms with Gasteiger partial charge in [-0.15, -0.1) is 11.3 Å². The van der Waals surface area contributed by atoms with Crippen LogP contribution in [0.3, 0.4) is 0 Å². The Bertz CT molecular complexity index is 208. The minimum atomic E-state index is 0.646. The van der Waals surface area contributed by atoms with E-state index >= 15 is 0 Å². The van der Waals surface area contributed by atoms with Crippen LogP contribution in [0.4, 0.5) is 5.00 Å². The standard InChI is InChI=1S/C5H6N2OS/c1-4-6-2-5(9-4)7-3-8/h2-3H,1H3,(H,7,8). The fourth-order valence-electron chi connectivity index (χ4n) is 0.486. The molecule has 0 saturated heterocycles. The van der Waals surface area contributed by atoms with Crippen LogP contribution < -0.4 is 5.32 Å². The summed E-state index contributed by atoms with van der Waals surface area (Å²) in [4.78, 5) is 13.8. The number of rotatable bonds is 2. The van der Waals surface area contributed by atoms with Gasteiger partial charge in [0.05, 0.1) is 11.2 Å². The quantitative estimate of drug-likeness (QED) is 0.626. The molecule has 0 saturated carbocycles. The van der Waals surface area contributed by atoms with Crippen molar-refractivity contribution < 1.29 is 4.79 Å². The molecule has 0 fully saturated rings. The van der Waals surface area contributed by atoms with Gasteiger partial charge in [0.1, 0.15) is 5.00 Å². The second-order valence-electron chi connectivity index (χ2n) is 1.51. The largest absolute Gasteiger partial charge is 0.319 e. The van der Waals surface area contributed by atoms with Crippen LogP contribution in [-0.4, -0.2) is 11.4 Å². The summed E-state index contributed by atoms with van der Waals surface area (Å²) in [5.41, 5.74) is 0. The lowest BCUT2D eigenvalue weighted by Crippen LogP contribution is -1.88. The number of nitrogens with one attached hydrogen (secondary N) is 1. The molecule has 0 aliphatic heterocycles. The van der Waals surface area contributed by atoms with Crippen LogP contribution in [0.1, 0.15) is 5.01 Å². The van der Waals surface area contributed by atoms with Gasteiger partial charge in [-0.25, -0.2) is 4.98 Å². The van der Waals surface area contributed by atoms with Crippen molar-refractivity contribution in [3.8, 4) is 0 Å². The number of thiazole rings is 1. The Morgan fingerprint density at radius 3 is 3.11 bits per heavy atom. The van der Waals surface area contributed by atoms with Gasteiger partial charge in [0, 0.05) is 0 Å². The Morgan fingerprint density at radius 2 is 2.67 bits per heavy atom. The molecule has 0 aliphatic rings. The summed E-state index contributed by atoms with van der Waals surface area (Å²) in [6.45, 7) is 1.89. The van der Waals surface area contributed by atoms with E-state index in [1.165, 1.54) is 11.3 Å². The summed E-state index contributed by atoms with van der Waals surface area (Å²) in [6.07, 6.45) is 2.28. The van der Waals surface area contributed by atoms with Gasteiger partial charge in [-0.05, 0) is 6.92 Å². The Labute approximate surface area is 56.7 Å². The van der Waals surface area contributed by atoms with E-state index in [0.717, 1.165) is 10.0 Å². The summed E-state index contributed by atoms with van der Waals surface area (Å²) < 4.78 is 0. The maximum Gasteiger partial charge on any atom is 0.212 e. The van der Waals surface area contributed by atoms with E-state index in [-0.39, 0.29) is 0 Å². The monoisotopic (exact) mass is 142 g/mol. The van der Waals surface area contributed by atoms with Gasteiger partial charge in [0.15, 0.2) is 0 Å². The number of anilines is 1. The van der Waals surface area contributed by atoms with Crippen molar-refractivity contribution in [2.75, 3.05) is 5.32 Å². The minimum Gasteiger partial charge on any atom is -0.319 e. The highest BCUT2D eigenvalue weighted by molar-refractivity contribution is 7.15. The highest BCUT2D eigenvalue weighted by atomic mass is 32.1. The van der Waals surface area contributed by atoms with E-state index < -0.39 is 0 Å². The van der Waals surface area contributed by atoms with Crippen LogP contribution in [0.2, 0.25) is 0 Å². The zero-order chi connectivity index (χ0) is 6.69. The Hall–Kier alpha value is -0.900. The molecule has 0 aliphatic carbocycles. The van der Waals surface area contributed by atoms with E-state index in [1.54, 1.807) is 6.20 Å². The number of nitrogens with zero attached hydrogens (tertiary/aromatic N) is 1. The summed E-state index contributed by atoms with van der Waals surface area (Å²) >= 11 is 1.46. The Morgan fingerprint density at radius 1 is 1.89 bits per heavy atom. The van der Waals surface area contributed by atoms with E-state index in [2.05, 4.69) is 10.3 Å². The molecular formula is C5H6N2OS. The first kappa shape index (κ1) is 6.22. The second kappa shape index (κ2) is 2.59. The van der Waals surface area contributed by atoms with Gasteiger partial charge in [-0.2, -0.15) is 0 Å². The first-order chi connectivity index (χ1) is 4.33. The van der Waals surface area contributed by atoms with Crippen molar-refractivity contribution in [2.45, 2.75) is 6.92 Å². The predicted octanol–water partition coefficient (Wildman–Crippen LogP) is 1.02. The third-order valence-electron chi connectivity index (χ3n) is 0.822. The van der Waals surface area contributed by atoms with Crippen LogP contribution in [0.15, 0.2) is 6.20 Å². The molecule has 1 heterocycles. The average Bonchev–Trinajstić information content (AvgIpc) is 2.17. The van der Waals surface area contributed by atoms with E-state index in [4.69, 9.17) is 0 Å².